The van der Waals surface area contributed by atoms with Gasteiger partial charge in [0.05, 0.1) is 17.7 Å². The Labute approximate surface area is 266 Å². The third kappa shape index (κ3) is 8.51. The highest BCUT2D eigenvalue weighted by atomic mass is 32.2. The Hall–Kier alpha value is -4.63. The zero-order chi connectivity index (χ0) is 32.4. The fourth-order valence-electron chi connectivity index (χ4n) is 4.96. The molecular weight excluding hydrogens is 586 g/mol. The zero-order valence-corrected chi connectivity index (χ0v) is 27.0. The molecule has 9 heteroatoms. The molecule has 0 spiro atoms. The van der Waals surface area contributed by atoms with Crippen molar-refractivity contribution in [2.24, 2.45) is 0 Å². The Morgan fingerprint density at radius 1 is 0.844 bits per heavy atom. The van der Waals surface area contributed by atoms with E-state index in [1.165, 1.54) is 24.1 Å². The van der Waals surface area contributed by atoms with Crippen LogP contribution in [0.25, 0.3) is 0 Å². The lowest BCUT2D eigenvalue weighted by Gasteiger charge is -2.34. The molecule has 0 heterocycles. The Morgan fingerprint density at radius 2 is 1.44 bits per heavy atom. The van der Waals surface area contributed by atoms with Crippen molar-refractivity contribution in [2.45, 2.75) is 57.1 Å². The van der Waals surface area contributed by atoms with E-state index in [1.807, 2.05) is 75.4 Å². The first-order valence-corrected chi connectivity index (χ1v) is 16.5. The van der Waals surface area contributed by atoms with Gasteiger partial charge in [0.1, 0.15) is 18.3 Å². The normalized spacial score (nSPS) is 12.5. The number of hydrogen-bond acceptors (Lipinski definition) is 5. The van der Waals surface area contributed by atoms with Crippen LogP contribution < -0.4 is 14.4 Å². The van der Waals surface area contributed by atoms with Gasteiger partial charge in [-0.3, -0.25) is 13.9 Å². The predicted molar refractivity (Wildman–Crippen MR) is 178 cm³/mol. The van der Waals surface area contributed by atoms with Crippen LogP contribution in [0.15, 0.2) is 114 Å². The van der Waals surface area contributed by atoms with Crippen LogP contribution in [0, 0.1) is 6.92 Å². The summed E-state index contributed by atoms with van der Waals surface area (Å²) in [5, 5.41) is 3.06. The van der Waals surface area contributed by atoms with Gasteiger partial charge in [0.25, 0.3) is 10.0 Å². The van der Waals surface area contributed by atoms with Crippen molar-refractivity contribution in [3.05, 3.63) is 126 Å². The molecule has 1 N–H and O–H groups in total. The Bertz CT molecular complexity index is 1660. The summed E-state index contributed by atoms with van der Waals surface area (Å²) < 4.78 is 34.5. The highest BCUT2D eigenvalue weighted by Crippen LogP contribution is 2.27. The quantitative estimate of drug-likeness (QED) is 0.192. The summed E-state index contributed by atoms with van der Waals surface area (Å²) in [6, 6.07) is 30.7. The first kappa shape index (κ1) is 33.3. The molecule has 8 nitrogen and oxygen atoms in total. The van der Waals surface area contributed by atoms with Crippen LogP contribution in [0.4, 0.5) is 5.69 Å². The molecule has 4 aromatic carbocycles. The number of aryl methyl sites for hydroxylation is 1. The number of rotatable bonds is 14. The summed E-state index contributed by atoms with van der Waals surface area (Å²) in [5.74, 6) is -0.251. The predicted octanol–water partition coefficient (Wildman–Crippen LogP) is 5.75. The molecule has 45 heavy (non-hydrogen) atoms. The van der Waals surface area contributed by atoms with E-state index < -0.39 is 28.5 Å². The van der Waals surface area contributed by atoms with Crippen molar-refractivity contribution in [1.82, 2.24) is 10.2 Å². The second-order valence-corrected chi connectivity index (χ2v) is 12.9. The van der Waals surface area contributed by atoms with Crippen LogP contribution in [-0.2, 0) is 32.6 Å². The number of sulfonamides is 1. The van der Waals surface area contributed by atoms with Crippen LogP contribution >= 0.6 is 0 Å². The van der Waals surface area contributed by atoms with Crippen molar-refractivity contribution < 1.29 is 22.7 Å². The van der Waals surface area contributed by atoms with Crippen LogP contribution in [0.3, 0.4) is 0 Å². The van der Waals surface area contributed by atoms with Gasteiger partial charge < -0.3 is 15.0 Å². The lowest BCUT2D eigenvalue weighted by atomic mass is 10.0. The molecule has 4 aromatic rings. The molecule has 0 aromatic heterocycles. The molecule has 0 saturated heterocycles. The number of methoxy groups -OCH3 is 1. The molecule has 0 unspecified atom stereocenters. The van der Waals surface area contributed by atoms with E-state index in [9.17, 15) is 18.0 Å². The Balaban J connectivity index is 1.81. The molecule has 2 atom stereocenters. The summed E-state index contributed by atoms with van der Waals surface area (Å²) in [6.07, 6.45) is 0.977. The first-order chi connectivity index (χ1) is 21.6. The molecule has 2 amide bonds. The van der Waals surface area contributed by atoms with E-state index in [0.29, 0.717) is 11.4 Å². The van der Waals surface area contributed by atoms with Gasteiger partial charge in [-0.25, -0.2) is 8.42 Å². The number of anilines is 1. The third-order valence-corrected chi connectivity index (χ3v) is 9.63. The minimum absolute atomic E-state index is 0.0504. The van der Waals surface area contributed by atoms with Gasteiger partial charge in [0, 0.05) is 19.0 Å². The summed E-state index contributed by atoms with van der Waals surface area (Å²) >= 11 is 0. The van der Waals surface area contributed by atoms with Gasteiger partial charge in [0.15, 0.2) is 0 Å². The smallest absolute Gasteiger partial charge is 0.264 e. The van der Waals surface area contributed by atoms with E-state index >= 15 is 0 Å². The second-order valence-electron chi connectivity index (χ2n) is 11.0. The lowest BCUT2D eigenvalue weighted by Crippen LogP contribution is -2.54. The van der Waals surface area contributed by atoms with Gasteiger partial charge in [-0.15, -0.1) is 0 Å². The number of carbonyl (C=O) groups is 2. The van der Waals surface area contributed by atoms with Crippen molar-refractivity contribution in [3.8, 4) is 5.75 Å². The maximum Gasteiger partial charge on any atom is 0.264 e. The van der Waals surface area contributed by atoms with E-state index in [-0.39, 0.29) is 29.8 Å². The number of hydrogen-bond donors (Lipinski definition) is 1. The maximum atomic E-state index is 14.6. The SMILES string of the molecule is CC[C@@H](C)NC(=O)[C@@H](Cc1ccccc1)N(Cc1ccccc1C)C(=O)CN(c1ccc(OC)cc1)S(=O)(=O)c1ccccc1. The highest BCUT2D eigenvalue weighted by Gasteiger charge is 2.35. The topological polar surface area (TPSA) is 96.0 Å². The van der Waals surface area contributed by atoms with Crippen LogP contribution in [0.2, 0.25) is 0 Å². The van der Waals surface area contributed by atoms with Crippen molar-refractivity contribution in [2.75, 3.05) is 18.0 Å². The summed E-state index contributed by atoms with van der Waals surface area (Å²) in [5.41, 5.74) is 3.00. The van der Waals surface area contributed by atoms with Crippen molar-refractivity contribution >= 4 is 27.5 Å². The molecule has 4 rings (SSSR count). The molecule has 236 valence electrons. The van der Waals surface area contributed by atoms with E-state index in [1.54, 1.807) is 42.5 Å². The van der Waals surface area contributed by atoms with Crippen molar-refractivity contribution in [1.29, 1.82) is 0 Å². The fourth-order valence-corrected chi connectivity index (χ4v) is 6.40. The molecule has 0 aliphatic carbocycles. The van der Waals surface area contributed by atoms with E-state index in [2.05, 4.69) is 5.32 Å². The minimum atomic E-state index is -4.17. The number of benzene rings is 4. The average Bonchev–Trinajstić information content (AvgIpc) is 3.06. The largest absolute Gasteiger partial charge is 0.497 e. The Kier molecular flexibility index (Phi) is 11.4. The van der Waals surface area contributed by atoms with Crippen LogP contribution in [0.1, 0.15) is 37.0 Å². The first-order valence-electron chi connectivity index (χ1n) is 15.0. The zero-order valence-electron chi connectivity index (χ0n) is 26.2. The monoisotopic (exact) mass is 627 g/mol. The average molecular weight is 628 g/mol. The van der Waals surface area contributed by atoms with E-state index in [0.717, 1.165) is 27.4 Å². The number of carbonyl (C=O) groups excluding carboxylic acids is 2. The van der Waals surface area contributed by atoms with Gasteiger partial charge in [-0.1, -0.05) is 79.7 Å². The number of amides is 2. The fraction of sp³-hybridized carbons (Fsp3) is 0.278. The van der Waals surface area contributed by atoms with Crippen LogP contribution in [0.5, 0.6) is 5.75 Å². The molecular formula is C36H41N3O5S. The van der Waals surface area contributed by atoms with Crippen molar-refractivity contribution in [3.63, 3.8) is 0 Å². The highest BCUT2D eigenvalue weighted by molar-refractivity contribution is 7.92. The second kappa shape index (κ2) is 15.4. The Morgan fingerprint density at radius 3 is 2.04 bits per heavy atom. The van der Waals surface area contributed by atoms with Gasteiger partial charge >= 0.3 is 0 Å². The molecule has 0 bridgehead atoms. The number of nitrogens with zero attached hydrogens (tertiary/aromatic N) is 2. The maximum absolute atomic E-state index is 14.6. The summed E-state index contributed by atoms with van der Waals surface area (Å²) in [6.45, 7) is 5.46. The molecule has 0 aliphatic heterocycles. The standard InChI is InChI=1S/C36H41N3O5S/c1-5-28(3)37-36(41)34(24-29-15-8-6-9-16-29)38(25-30-17-13-12-14-27(30)2)35(40)26-39(31-20-22-32(44-4)23-21-31)45(42,43)33-18-10-7-11-19-33/h6-23,28,34H,5,24-26H2,1-4H3,(H,37,41)/t28-,34-/m1/s1. The summed E-state index contributed by atoms with van der Waals surface area (Å²) in [7, 11) is -2.64. The van der Waals surface area contributed by atoms with Gasteiger partial charge in [-0.2, -0.15) is 0 Å². The molecule has 0 fully saturated rings. The third-order valence-electron chi connectivity index (χ3n) is 7.84. The minimum Gasteiger partial charge on any atom is -0.497 e. The van der Waals surface area contributed by atoms with Gasteiger partial charge in [0.2, 0.25) is 11.8 Å². The van der Waals surface area contributed by atoms with E-state index in [4.69, 9.17) is 4.74 Å². The molecule has 0 radical (unpaired) electrons. The van der Waals surface area contributed by atoms with Gasteiger partial charge in [-0.05, 0) is 73.4 Å². The van der Waals surface area contributed by atoms with Crippen LogP contribution in [-0.4, -0.2) is 50.9 Å². The molecule has 0 aliphatic rings. The molecule has 0 saturated carbocycles. The number of ether oxygens (including phenoxy) is 1. The number of nitrogens with one attached hydrogen (secondary N) is 1. The lowest BCUT2D eigenvalue weighted by molar-refractivity contribution is -0.140. The summed E-state index contributed by atoms with van der Waals surface area (Å²) in [4.78, 5) is 30.1.